The molecule has 1 aromatic carbocycles. The van der Waals surface area contributed by atoms with E-state index in [0.29, 0.717) is 11.5 Å². The van der Waals surface area contributed by atoms with Crippen LogP contribution in [0.3, 0.4) is 0 Å². The highest BCUT2D eigenvalue weighted by atomic mass is 32.2. The minimum absolute atomic E-state index is 0.0471. The summed E-state index contributed by atoms with van der Waals surface area (Å²) in [7, 11) is 1.56. The highest BCUT2D eigenvalue weighted by Gasteiger charge is 2.08. The Morgan fingerprint density at radius 3 is 2.69 bits per heavy atom. The molecule has 0 aromatic heterocycles. The van der Waals surface area contributed by atoms with E-state index in [2.05, 4.69) is 0 Å². The maximum Gasteiger partial charge on any atom is 0.161 e. The van der Waals surface area contributed by atoms with Gasteiger partial charge in [0.15, 0.2) is 11.5 Å². The van der Waals surface area contributed by atoms with Gasteiger partial charge in [0.25, 0.3) is 0 Å². The van der Waals surface area contributed by atoms with Gasteiger partial charge in [-0.05, 0) is 24.5 Å². The Labute approximate surface area is 99.2 Å². The average Bonchev–Trinajstić information content (AvgIpc) is 2.35. The van der Waals surface area contributed by atoms with Gasteiger partial charge in [-0.25, -0.2) is 0 Å². The molecule has 0 spiro atoms. The smallest absolute Gasteiger partial charge is 0.161 e. The van der Waals surface area contributed by atoms with Crippen molar-refractivity contribution in [2.75, 3.05) is 26.6 Å². The van der Waals surface area contributed by atoms with Gasteiger partial charge in [-0.1, -0.05) is 0 Å². The summed E-state index contributed by atoms with van der Waals surface area (Å²) in [6, 6.07) is 5.56. The second-order valence-corrected chi connectivity index (χ2v) is 4.04. The van der Waals surface area contributed by atoms with Crippen molar-refractivity contribution in [3.63, 3.8) is 0 Å². The number of ether oxygens (including phenoxy) is 2. The minimum Gasteiger partial charge on any atom is -0.493 e. The van der Waals surface area contributed by atoms with E-state index in [0.717, 1.165) is 4.90 Å². The molecule has 4 nitrogen and oxygen atoms in total. The van der Waals surface area contributed by atoms with E-state index in [1.165, 1.54) is 0 Å². The molecule has 0 aliphatic carbocycles. The molecule has 16 heavy (non-hydrogen) atoms. The standard InChI is InChI=1S/C11H16O4S/c1-14-11-5-9(16-2)3-4-10(11)15-7-8(13)6-12/h3-5,8,12-13H,6-7H2,1-2H3. The van der Waals surface area contributed by atoms with Gasteiger partial charge in [0.05, 0.1) is 13.7 Å². The van der Waals surface area contributed by atoms with Crippen LogP contribution < -0.4 is 9.47 Å². The molecule has 0 saturated carbocycles. The third-order valence-electron chi connectivity index (χ3n) is 2.01. The first-order valence-corrected chi connectivity index (χ1v) is 6.07. The molecule has 0 bridgehead atoms. The van der Waals surface area contributed by atoms with Crippen LogP contribution in [0.5, 0.6) is 11.5 Å². The van der Waals surface area contributed by atoms with Gasteiger partial charge < -0.3 is 19.7 Å². The van der Waals surface area contributed by atoms with Crippen LogP contribution in [-0.2, 0) is 0 Å². The van der Waals surface area contributed by atoms with Gasteiger partial charge in [0.1, 0.15) is 12.7 Å². The molecule has 1 atom stereocenters. The summed E-state index contributed by atoms with van der Waals surface area (Å²) in [5, 5.41) is 17.8. The first-order chi connectivity index (χ1) is 7.71. The lowest BCUT2D eigenvalue weighted by atomic mass is 10.3. The fourth-order valence-corrected chi connectivity index (χ4v) is 1.56. The number of hydrogen-bond acceptors (Lipinski definition) is 5. The van der Waals surface area contributed by atoms with Crippen molar-refractivity contribution in [2.45, 2.75) is 11.0 Å². The van der Waals surface area contributed by atoms with Gasteiger partial charge in [-0.3, -0.25) is 0 Å². The molecule has 0 fully saturated rings. The Hall–Kier alpha value is -0.910. The van der Waals surface area contributed by atoms with Crippen molar-refractivity contribution < 1.29 is 19.7 Å². The predicted octanol–water partition coefficient (Wildman–Crippen LogP) is 1.15. The zero-order chi connectivity index (χ0) is 12.0. The van der Waals surface area contributed by atoms with Gasteiger partial charge >= 0.3 is 0 Å². The third-order valence-corrected chi connectivity index (χ3v) is 2.74. The van der Waals surface area contributed by atoms with Crippen LogP contribution in [0.4, 0.5) is 0 Å². The van der Waals surface area contributed by atoms with Gasteiger partial charge in [-0.15, -0.1) is 11.8 Å². The van der Waals surface area contributed by atoms with E-state index in [4.69, 9.17) is 19.7 Å². The third kappa shape index (κ3) is 3.59. The van der Waals surface area contributed by atoms with Crippen LogP contribution in [0, 0.1) is 0 Å². The number of aliphatic hydroxyl groups excluding tert-OH is 2. The lowest BCUT2D eigenvalue weighted by Crippen LogP contribution is -2.21. The van der Waals surface area contributed by atoms with Crippen molar-refractivity contribution in [3.05, 3.63) is 18.2 Å². The molecule has 1 rings (SSSR count). The van der Waals surface area contributed by atoms with Crippen molar-refractivity contribution in [1.82, 2.24) is 0 Å². The molecule has 0 heterocycles. The molecular formula is C11H16O4S. The highest BCUT2D eigenvalue weighted by Crippen LogP contribution is 2.31. The van der Waals surface area contributed by atoms with Gasteiger partial charge in [-0.2, -0.15) is 0 Å². The van der Waals surface area contributed by atoms with E-state index in [9.17, 15) is 0 Å². The lowest BCUT2D eigenvalue weighted by Gasteiger charge is -2.13. The molecule has 90 valence electrons. The molecule has 0 radical (unpaired) electrons. The highest BCUT2D eigenvalue weighted by molar-refractivity contribution is 7.98. The van der Waals surface area contributed by atoms with Crippen molar-refractivity contribution >= 4 is 11.8 Å². The Balaban J connectivity index is 2.71. The second kappa shape index (κ2) is 6.62. The maximum absolute atomic E-state index is 9.16. The summed E-state index contributed by atoms with van der Waals surface area (Å²) in [5.41, 5.74) is 0. The van der Waals surface area contributed by atoms with Crippen LogP contribution in [0.1, 0.15) is 0 Å². The fourth-order valence-electron chi connectivity index (χ4n) is 1.13. The SMILES string of the molecule is COc1cc(SC)ccc1OCC(O)CO. The molecule has 0 aliphatic rings. The number of hydrogen-bond donors (Lipinski definition) is 2. The Kier molecular flexibility index (Phi) is 5.45. The normalized spacial score (nSPS) is 12.2. The van der Waals surface area contributed by atoms with Crippen LogP contribution in [0.2, 0.25) is 0 Å². The summed E-state index contributed by atoms with van der Waals surface area (Å²) in [4.78, 5) is 1.08. The largest absolute Gasteiger partial charge is 0.493 e. The topological polar surface area (TPSA) is 58.9 Å². The van der Waals surface area contributed by atoms with E-state index in [1.807, 2.05) is 18.4 Å². The van der Waals surface area contributed by atoms with Crippen molar-refractivity contribution in [2.24, 2.45) is 0 Å². The van der Waals surface area contributed by atoms with Crippen LogP contribution in [-0.4, -0.2) is 42.9 Å². The first kappa shape index (κ1) is 13.2. The number of aliphatic hydroxyl groups is 2. The first-order valence-electron chi connectivity index (χ1n) is 4.85. The van der Waals surface area contributed by atoms with Crippen molar-refractivity contribution in [3.8, 4) is 11.5 Å². The molecule has 0 saturated heterocycles. The molecule has 0 aliphatic heterocycles. The lowest BCUT2D eigenvalue weighted by molar-refractivity contribution is 0.0527. The van der Waals surface area contributed by atoms with Crippen molar-refractivity contribution in [1.29, 1.82) is 0 Å². The average molecular weight is 244 g/mol. The summed E-state index contributed by atoms with van der Waals surface area (Å²) < 4.78 is 10.5. The number of rotatable bonds is 6. The maximum atomic E-state index is 9.16. The predicted molar refractivity (Wildman–Crippen MR) is 63.4 cm³/mol. The minimum atomic E-state index is -0.870. The fraction of sp³-hybridized carbons (Fsp3) is 0.455. The molecule has 0 amide bonds. The van der Waals surface area contributed by atoms with Crippen LogP contribution in [0.15, 0.2) is 23.1 Å². The molecule has 1 unspecified atom stereocenters. The second-order valence-electron chi connectivity index (χ2n) is 3.16. The molecule has 5 heteroatoms. The van der Waals surface area contributed by atoms with Crippen LogP contribution >= 0.6 is 11.8 Å². The summed E-state index contributed by atoms with van der Waals surface area (Å²) >= 11 is 1.61. The zero-order valence-electron chi connectivity index (χ0n) is 9.34. The van der Waals surface area contributed by atoms with E-state index >= 15 is 0 Å². The van der Waals surface area contributed by atoms with Crippen LogP contribution in [0.25, 0.3) is 0 Å². The number of thioether (sulfide) groups is 1. The van der Waals surface area contributed by atoms with Gasteiger partial charge in [0.2, 0.25) is 0 Å². The summed E-state index contributed by atoms with van der Waals surface area (Å²) in [6.07, 6.45) is 1.11. The Morgan fingerprint density at radius 2 is 2.12 bits per heavy atom. The zero-order valence-corrected chi connectivity index (χ0v) is 10.2. The van der Waals surface area contributed by atoms with E-state index in [-0.39, 0.29) is 13.2 Å². The summed E-state index contributed by atoms with van der Waals surface area (Å²) in [5.74, 6) is 1.18. The van der Waals surface area contributed by atoms with E-state index in [1.54, 1.807) is 24.9 Å². The number of methoxy groups -OCH3 is 1. The monoisotopic (exact) mass is 244 g/mol. The van der Waals surface area contributed by atoms with Gasteiger partial charge in [0, 0.05) is 4.90 Å². The van der Waals surface area contributed by atoms with E-state index < -0.39 is 6.10 Å². The molecular weight excluding hydrogens is 228 g/mol. The summed E-state index contributed by atoms with van der Waals surface area (Å²) in [6.45, 7) is -0.267. The number of benzene rings is 1. The molecule has 1 aromatic rings. The molecule has 2 N–H and O–H groups in total. The quantitative estimate of drug-likeness (QED) is 0.735. The Morgan fingerprint density at radius 1 is 1.38 bits per heavy atom. The Bertz CT molecular complexity index is 330.